The van der Waals surface area contributed by atoms with Crippen molar-refractivity contribution < 1.29 is 30.0 Å². The van der Waals surface area contributed by atoms with Gasteiger partial charge in [0.25, 0.3) is 5.72 Å². The van der Waals surface area contributed by atoms with Crippen LogP contribution in [0.5, 0.6) is 0 Å². The standard InChI is InChI=1S/C9H16NO6/c1-4(11)7(14)8(15)9(16,5(2)12)10-6(3)13/h4,7-8,11,14-15H,1-3H3,(H,10,13)/t4-,7-,8+,9+/m1/s1. The first-order valence-corrected chi connectivity index (χ1v) is 4.67. The number of carbonyl (C=O) groups excluding carboxylic acids is 2. The molecule has 0 saturated heterocycles. The van der Waals surface area contributed by atoms with E-state index in [0.717, 1.165) is 20.8 Å². The maximum Gasteiger partial charge on any atom is 0.262 e. The molecule has 0 aliphatic carbocycles. The molecule has 0 saturated carbocycles. The fourth-order valence-electron chi connectivity index (χ4n) is 1.14. The quantitative estimate of drug-likeness (QED) is 0.407. The van der Waals surface area contributed by atoms with Gasteiger partial charge in [0.05, 0.1) is 6.10 Å². The van der Waals surface area contributed by atoms with Gasteiger partial charge in [-0.05, 0) is 13.8 Å². The second-order valence-electron chi connectivity index (χ2n) is 3.65. The third-order valence-corrected chi connectivity index (χ3v) is 2.12. The second-order valence-corrected chi connectivity index (χ2v) is 3.65. The zero-order valence-corrected chi connectivity index (χ0v) is 9.30. The van der Waals surface area contributed by atoms with Crippen molar-refractivity contribution in [2.24, 2.45) is 0 Å². The number of aliphatic hydroxyl groups is 3. The van der Waals surface area contributed by atoms with E-state index in [9.17, 15) is 24.9 Å². The van der Waals surface area contributed by atoms with E-state index in [-0.39, 0.29) is 0 Å². The summed E-state index contributed by atoms with van der Waals surface area (Å²) in [5.41, 5.74) is -2.86. The molecule has 0 aromatic rings. The van der Waals surface area contributed by atoms with E-state index in [4.69, 9.17) is 5.11 Å². The Labute approximate surface area is 92.7 Å². The van der Waals surface area contributed by atoms with E-state index in [1.807, 2.05) is 0 Å². The van der Waals surface area contributed by atoms with E-state index in [1.54, 1.807) is 5.32 Å². The van der Waals surface area contributed by atoms with Crippen LogP contribution in [-0.2, 0) is 14.7 Å². The van der Waals surface area contributed by atoms with Gasteiger partial charge in [-0.1, -0.05) is 0 Å². The van der Waals surface area contributed by atoms with Crippen LogP contribution < -0.4 is 5.32 Å². The maximum atomic E-state index is 11.9. The fourth-order valence-corrected chi connectivity index (χ4v) is 1.14. The Morgan fingerprint density at radius 2 is 1.62 bits per heavy atom. The van der Waals surface area contributed by atoms with E-state index >= 15 is 0 Å². The first-order chi connectivity index (χ1) is 7.12. The lowest BCUT2D eigenvalue weighted by atomic mass is 9.95. The van der Waals surface area contributed by atoms with Crippen molar-refractivity contribution in [2.75, 3.05) is 0 Å². The van der Waals surface area contributed by atoms with Crippen molar-refractivity contribution in [1.82, 2.24) is 5.32 Å². The predicted molar refractivity (Wildman–Crippen MR) is 51.6 cm³/mol. The van der Waals surface area contributed by atoms with Gasteiger partial charge in [-0.2, -0.15) is 5.11 Å². The lowest BCUT2D eigenvalue weighted by molar-refractivity contribution is -0.196. The summed E-state index contributed by atoms with van der Waals surface area (Å²) in [6.45, 7) is 3.01. The molecule has 4 atom stereocenters. The number of rotatable bonds is 5. The number of hydrogen-bond acceptors (Lipinski definition) is 5. The minimum atomic E-state index is -2.86. The van der Waals surface area contributed by atoms with Gasteiger partial charge in [-0.15, -0.1) is 0 Å². The van der Waals surface area contributed by atoms with Gasteiger partial charge in [-0.25, -0.2) is 0 Å². The lowest BCUT2D eigenvalue weighted by Gasteiger charge is -2.32. The Morgan fingerprint density at radius 3 is 1.88 bits per heavy atom. The van der Waals surface area contributed by atoms with Gasteiger partial charge in [0, 0.05) is 6.92 Å². The van der Waals surface area contributed by atoms with Crippen LogP contribution >= 0.6 is 0 Å². The number of Topliss-reactive ketones (excluding diaryl/α,β-unsaturated/α-hetero) is 1. The summed E-state index contributed by atoms with van der Waals surface area (Å²) in [6, 6.07) is 0. The SMILES string of the molecule is CC(=O)N[C@]([O])(C(C)=O)[C@@H](O)[C@H](O)[C@@H](C)O. The van der Waals surface area contributed by atoms with Crippen LogP contribution in [0.1, 0.15) is 20.8 Å². The molecular formula is C9H16NO6. The third kappa shape index (κ3) is 3.24. The zero-order valence-electron chi connectivity index (χ0n) is 9.30. The van der Waals surface area contributed by atoms with Crippen LogP contribution in [0.15, 0.2) is 0 Å². The Hall–Kier alpha value is -1.02. The highest BCUT2D eigenvalue weighted by molar-refractivity contribution is 5.89. The normalized spacial score (nSPS) is 20.4. The number of ketones is 1. The molecule has 1 amide bonds. The number of aliphatic hydroxyl groups excluding tert-OH is 3. The first kappa shape index (κ1) is 15.0. The molecule has 93 valence electrons. The molecule has 0 aromatic heterocycles. The summed E-state index contributed by atoms with van der Waals surface area (Å²) in [4.78, 5) is 21.8. The number of nitrogens with one attached hydrogen (secondary N) is 1. The molecule has 0 unspecified atom stereocenters. The van der Waals surface area contributed by atoms with Crippen LogP contribution in [0, 0.1) is 0 Å². The molecular weight excluding hydrogens is 218 g/mol. The molecule has 7 heteroatoms. The highest BCUT2D eigenvalue weighted by atomic mass is 16.4. The van der Waals surface area contributed by atoms with Crippen LogP contribution in [0.25, 0.3) is 0 Å². The molecule has 0 bridgehead atoms. The Bertz CT molecular complexity index is 279. The molecule has 0 rings (SSSR count). The minimum absolute atomic E-state index is 0.818. The molecule has 0 fully saturated rings. The molecule has 0 spiro atoms. The predicted octanol–water partition coefficient (Wildman–Crippen LogP) is -2.06. The van der Waals surface area contributed by atoms with Crippen LogP contribution in [0.3, 0.4) is 0 Å². The van der Waals surface area contributed by atoms with Crippen molar-refractivity contribution >= 4 is 11.7 Å². The second kappa shape index (κ2) is 5.35. The van der Waals surface area contributed by atoms with E-state index in [0.29, 0.717) is 0 Å². The third-order valence-electron chi connectivity index (χ3n) is 2.12. The summed E-state index contributed by atoms with van der Waals surface area (Å²) in [7, 11) is 0. The topological polar surface area (TPSA) is 127 Å². The summed E-state index contributed by atoms with van der Waals surface area (Å²) in [6.07, 6.45) is -5.36. The summed E-state index contributed by atoms with van der Waals surface area (Å²) in [5.74, 6) is -1.88. The minimum Gasteiger partial charge on any atom is -0.391 e. The number of hydrogen-bond donors (Lipinski definition) is 4. The van der Waals surface area contributed by atoms with Crippen molar-refractivity contribution in [1.29, 1.82) is 0 Å². The first-order valence-electron chi connectivity index (χ1n) is 4.67. The maximum absolute atomic E-state index is 11.9. The number of amides is 1. The van der Waals surface area contributed by atoms with Gasteiger partial charge in [-0.3, -0.25) is 9.59 Å². The van der Waals surface area contributed by atoms with Gasteiger partial charge in [0.15, 0.2) is 5.78 Å². The van der Waals surface area contributed by atoms with Crippen LogP contribution in [0.2, 0.25) is 0 Å². The molecule has 4 N–H and O–H groups in total. The molecule has 1 radical (unpaired) electrons. The van der Waals surface area contributed by atoms with Crippen molar-refractivity contribution in [3.63, 3.8) is 0 Å². The molecule has 0 aliphatic rings. The zero-order chi connectivity index (χ0) is 13.1. The van der Waals surface area contributed by atoms with Crippen molar-refractivity contribution in [2.45, 2.75) is 44.8 Å². The Balaban J connectivity index is 5.04. The highest BCUT2D eigenvalue weighted by Crippen LogP contribution is 2.15. The number of carbonyl (C=O) groups is 2. The Morgan fingerprint density at radius 1 is 1.19 bits per heavy atom. The van der Waals surface area contributed by atoms with E-state index in [2.05, 4.69) is 0 Å². The summed E-state index contributed by atoms with van der Waals surface area (Å²) in [5, 5.41) is 41.3. The van der Waals surface area contributed by atoms with Gasteiger partial charge >= 0.3 is 0 Å². The lowest BCUT2D eigenvalue weighted by Crippen LogP contribution is -2.64. The largest absolute Gasteiger partial charge is 0.391 e. The fraction of sp³-hybridized carbons (Fsp3) is 0.778. The molecule has 0 aromatic carbocycles. The van der Waals surface area contributed by atoms with E-state index < -0.39 is 35.7 Å². The monoisotopic (exact) mass is 234 g/mol. The van der Waals surface area contributed by atoms with E-state index in [1.165, 1.54) is 0 Å². The highest BCUT2D eigenvalue weighted by Gasteiger charge is 2.48. The average Bonchev–Trinajstić information content (AvgIpc) is 2.13. The summed E-state index contributed by atoms with van der Waals surface area (Å²) >= 11 is 0. The van der Waals surface area contributed by atoms with Crippen molar-refractivity contribution in [3.8, 4) is 0 Å². The molecule has 0 aliphatic heterocycles. The van der Waals surface area contributed by atoms with Crippen LogP contribution in [-0.4, -0.2) is 51.0 Å². The van der Waals surface area contributed by atoms with Crippen LogP contribution in [0.4, 0.5) is 0 Å². The van der Waals surface area contributed by atoms with Gasteiger partial charge in [0.1, 0.15) is 12.2 Å². The summed E-state index contributed by atoms with van der Waals surface area (Å²) < 4.78 is 0. The van der Waals surface area contributed by atoms with Gasteiger partial charge in [0.2, 0.25) is 5.91 Å². The smallest absolute Gasteiger partial charge is 0.262 e. The van der Waals surface area contributed by atoms with Gasteiger partial charge < -0.3 is 20.6 Å². The Kier molecular flexibility index (Phi) is 5.01. The molecule has 7 nitrogen and oxygen atoms in total. The molecule has 0 heterocycles. The molecule has 16 heavy (non-hydrogen) atoms. The van der Waals surface area contributed by atoms with Crippen molar-refractivity contribution in [3.05, 3.63) is 0 Å². The average molecular weight is 234 g/mol.